The number of nitrogens with zero attached hydrogens (tertiary/aromatic N) is 2. The molecule has 1 aromatic rings. The Hall–Kier alpha value is -1.52. The van der Waals surface area contributed by atoms with Crippen molar-refractivity contribution >= 4 is 6.03 Å². The van der Waals surface area contributed by atoms with Crippen molar-refractivity contribution in [3.05, 3.63) is 18.0 Å². The molecule has 5 heteroatoms. The zero-order valence-corrected chi connectivity index (χ0v) is 13.7. The van der Waals surface area contributed by atoms with Crippen molar-refractivity contribution in [1.82, 2.24) is 20.4 Å². The Balaban J connectivity index is 2.07. The Morgan fingerprint density at radius 2 is 2.14 bits per heavy atom. The number of amides is 2. The van der Waals surface area contributed by atoms with Crippen LogP contribution in [0.5, 0.6) is 0 Å². The molecule has 0 aliphatic rings. The number of aryl methyl sites for hydroxylation is 2. The summed E-state index contributed by atoms with van der Waals surface area (Å²) >= 11 is 0. The van der Waals surface area contributed by atoms with Crippen molar-refractivity contribution in [2.75, 3.05) is 13.1 Å². The van der Waals surface area contributed by atoms with Gasteiger partial charge in [-0.1, -0.05) is 33.1 Å². The highest BCUT2D eigenvalue weighted by Crippen LogP contribution is 2.10. The van der Waals surface area contributed by atoms with Crippen molar-refractivity contribution < 1.29 is 4.79 Å². The summed E-state index contributed by atoms with van der Waals surface area (Å²) in [7, 11) is 0. The first-order valence-electron chi connectivity index (χ1n) is 8.16. The molecule has 0 spiro atoms. The number of carbonyl (C=O) groups is 1. The average Bonchev–Trinajstić information content (AvgIpc) is 2.89. The minimum Gasteiger partial charge on any atom is -0.338 e. The third-order valence-electron chi connectivity index (χ3n) is 3.71. The van der Waals surface area contributed by atoms with Crippen molar-refractivity contribution in [2.45, 2.75) is 59.4 Å². The van der Waals surface area contributed by atoms with Crippen molar-refractivity contribution in [1.29, 1.82) is 0 Å². The number of unbranched alkanes of at least 4 members (excludes halogenated alkanes) is 1. The molecule has 0 aliphatic heterocycles. The number of hydrogen-bond donors (Lipinski definition) is 2. The monoisotopic (exact) mass is 294 g/mol. The quantitative estimate of drug-likeness (QED) is 0.651. The van der Waals surface area contributed by atoms with E-state index in [1.54, 1.807) is 0 Å². The van der Waals surface area contributed by atoms with E-state index in [9.17, 15) is 4.79 Å². The van der Waals surface area contributed by atoms with Crippen LogP contribution in [0.15, 0.2) is 12.4 Å². The highest BCUT2D eigenvalue weighted by atomic mass is 16.2. The molecule has 1 rings (SSSR count). The maximum atomic E-state index is 11.7. The lowest BCUT2D eigenvalue weighted by molar-refractivity contribution is 0.237. The molecule has 2 amide bonds. The molecule has 0 saturated carbocycles. The second-order valence-electron chi connectivity index (χ2n) is 5.69. The first kappa shape index (κ1) is 17.5. The topological polar surface area (TPSA) is 59.0 Å². The van der Waals surface area contributed by atoms with E-state index in [-0.39, 0.29) is 6.03 Å². The van der Waals surface area contributed by atoms with E-state index in [0.29, 0.717) is 12.5 Å². The van der Waals surface area contributed by atoms with Crippen molar-refractivity contribution in [3.8, 4) is 0 Å². The average molecular weight is 294 g/mol. The van der Waals surface area contributed by atoms with Gasteiger partial charge in [0, 0.05) is 25.8 Å². The van der Waals surface area contributed by atoms with Gasteiger partial charge in [-0.05, 0) is 31.2 Å². The molecule has 120 valence electrons. The maximum absolute atomic E-state index is 11.7. The van der Waals surface area contributed by atoms with Crippen LogP contribution < -0.4 is 10.6 Å². The number of urea groups is 1. The summed E-state index contributed by atoms with van der Waals surface area (Å²) in [5, 5.41) is 10.1. The largest absolute Gasteiger partial charge is 0.338 e. The summed E-state index contributed by atoms with van der Waals surface area (Å²) in [5.74, 6) is 0.600. The van der Waals surface area contributed by atoms with Gasteiger partial charge in [0.1, 0.15) is 0 Å². The number of carbonyl (C=O) groups excluding carboxylic acids is 1. The molecule has 1 unspecified atom stereocenters. The van der Waals surface area contributed by atoms with Crippen LogP contribution in [-0.2, 0) is 6.54 Å². The predicted octanol–water partition coefficient (Wildman–Crippen LogP) is 3.10. The van der Waals surface area contributed by atoms with Crippen LogP contribution in [0.4, 0.5) is 4.79 Å². The minimum absolute atomic E-state index is 0.0541. The van der Waals surface area contributed by atoms with Gasteiger partial charge in [0.25, 0.3) is 0 Å². The number of nitrogens with one attached hydrogen (secondary N) is 2. The molecule has 2 N–H and O–H groups in total. The third kappa shape index (κ3) is 7.73. The second kappa shape index (κ2) is 10.2. The van der Waals surface area contributed by atoms with Gasteiger partial charge in [0.15, 0.2) is 0 Å². The molecule has 0 aliphatic carbocycles. The molecule has 5 nitrogen and oxygen atoms in total. The molecule has 0 aromatic carbocycles. The molecule has 21 heavy (non-hydrogen) atoms. The molecule has 0 saturated heterocycles. The molecular weight excluding hydrogens is 264 g/mol. The fourth-order valence-corrected chi connectivity index (χ4v) is 2.28. The Morgan fingerprint density at radius 3 is 2.76 bits per heavy atom. The zero-order valence-electron chi connectivity index (χ0n) is 13.7. The van der Waals surface area contributed by atoms with Crippen LogP contribution in [0.2, 0.25) is 0 Å². The molecule has 0 radical (unpaired) electrons. The van der Waals surface area contributed by atoms with Gasteiger partial charge in [-0.25, -0.2) is 4.79 Å². The Morgan fingerprint density at radius 1 is 1.33 bits per heavy atom. The summed E-state index contributed by atoms with van der Waals surface area (Å²) in [6.07, 6.45) is 9.54. The fourth-order valence-electron chi connectivity index (χ4n) is 2.28. The van der Waals surface area contributed by atoms with Gasteiger partial charge in [-0.2, -0.15) is 5.10 Å². The summed E-state index contributed by atoms with van der Waals surface area (Å²) in [4.78, 5) is 11.7. The van der Waals surface area contributed by atoms with Crippen molar-refractivity contribution in [2.24, 2.45) is 5.92 Å². The first-order valence-corrected chi connectivity index (χ1v) is 8.16. The summed E-state index contributed by atoms with van der Waals surface area (Å²) < 4.78 is 1.91. The number of rotatable bonds is 10. The smallest absolute Gasteiger partial charge is 0.314 e. The van der Waals surface area contributed by atoms with Crippen LogP contribution in [0.1, 0.15) is 51.5 Å². The lowest BCUT2D eigenvalue weighted by Gasteiger charge is -2.15. The van der Waals surface area contributed by atoms with Gasteiger partial charge in [0.2, 0.25) is 0 Å². The molecular formula is C16H30N4O. The third-order valence-corrected chi connectivity index (χ3v) is 3.71. The Labute approximate surface area is 128 Å². The molecule has 1 aromatic heterocycles. The van der Waals surface area contributed by atoms with E-state index in [4.69, 9.17) is 0 Å². The van der Waals surface area contributed by atoms with Crippen LogP contribution in [0.3, 0.4) is 0 Å². The van der Waals surface area contributed by atoms with Gasteiger partial charge in [0.05, 0.1) is 6.20 Å². The van der Waals surface area contributed by atoms with Crippen LogP contribution in [-0.4, -0.2) is 28.9 Å². The van der Waals surface area contributed by atoms with Gasteiger partial charge >= 0.3 is 6.03 Å². The van der Waals surface area contributed by atoms with Crippen molar-refractivity contribution in [3.63, 3.8) is 0 Å². The Kier molecular flexibility index (Phi) is 8.55. The van der Waals surface area contributed by atoms with Gasteiger partial charge in [-0.15, -0.1) is 0 Å². The zero-order chi connectivity index (χ0) is 15.5. The van der Waals surface area contributed by atoms with E-state index < -0.39 is 0 Å². The SMILES string of the molecule is CCCCC(CC)CNC(=O)NCCCn1cc(C)cn1. The highest BCUT2D eigenvalue weighted by Gasteiger charge is 2.07. The van der Waals surface area contributed by atoms with E-state index >= 15 is 0 Å². The summed E-state index contributed by atoms with van der Waals surface area (Å²) in [6.45, 7) is 8.71. The molecule has 1 heterocycles. The van der Waals surface area contributed by atoms with Gasteiger partial charge in [-0.3, -0.25) is 4.68 Å². The van der Waals surface area contributed by atoms with Crippen LogP contribution in [0, 0.1) is 12.8 Å². The minimum atomic E-state index is -0.0541. The van der Waals surface area contributed by atoms with Gasteiger partial charge < -0.3 is 10.6 Å². The summed E-state index contributed by atoms with van der Waals surface area (Å²) in [5.41, 5.74) is 1.17. The van der Waals surface area contributed by atoms with Crippen LogP contribution >= 0.6 is 0 Å². The lowest BCUT2D eigenvalue weighted by Crippen LogP contribution is -2.38. The van der Waals surface area contributed by atoms with Crippen LogP contribution in [0.25, 0.3) is 0 Å². The molecule has 0 bridgehead atoms. The normalized spacial score (nSPS) is 12.1. The number of hydrogen-bond acceptors (Lipinski definition) is 2. The van der Waals surface area contributed by atoms with E-state index in [2.05, 4.69) is 29.6 Å². The Bertz CT molecular complexity index is 403. The van der Waals surface area contributed by atoms with E-state index in [1.807, 2.05) is 24.0 Å². The van der Waals surface area contributed by atoms with E-state index in [0.717, 1.165) is 25.9 Å². The second-order valence-corrected chi connectivity index (χ2v) is 5.69. The first-order chi connectivity index (χ1) is 10.2. The maximum Gasteiger partial charge on any atom is 0.314 e. The standard InChI is InChI=1S/C16H30N4O/c1-4-6-8-15(5-2)12-18-16(21)17-9-7-10-20-13-14(3)11-19-20/h11,13,15H,4-10,12H2,1-3H3,(H2,17,18,21). The summed E-state index contributed by atoms with van der Waals surface area (Å²) in [6, 6.07) is -0.0541. The molecule has 0 fully saturated rings. The fraction of sp³-hybridized carbons (Fsp3) is 0.750. The predicted molar refractivity (Wildman–Crippen MR) is 86.3 cm³/mol. The highest BCUT2D eigenvalue weighted by molar-refractivity contribution is 5.73. The molecule has 1 atom stereocenters. The lowest BCUT2D eigenvalue weighted by atomic mass is 9.99. The van der Waals surface area contributed by atoms with E-state index in [1.165, 1.54) is 24.8 Å². The number of aromatic nitrogens is 2.